The molecule has 2 aromatic rings. The molecule has 0 saturated heterocycles. The molecule has 0 fully saturated rings. The predicted molar refractivity (Wildman–Crippen MR) is 76.1 cm³/mol. The average Bonchev–Trinajstić information content (AvgIpc) is 2.69. The van der Waals surface area contributed by atoms with Crippen molar-refractivity contribution in [1.29, 1.82) is 0 Å². The van der Waals surface area contributed by atoms with Crippen molar-refractivity contribution in [1.82, 2.24) is 0 Å². The van der Waals surface area contributed by atoms with Crippen molar-refractivity contribution >= 4 is 43.3 Å². The van der Waals surface area contributed by atoms with Gasteiger partial charge in [-0.1, -0.05) is 15.9 Å². The Bertz CT molecular complexity index is 552. The lowest BCUT2D eigenvalue weighted by Gasteiger charge is -2.05. The van der Waals surface area contributed by atoms with Gasteiger partial charge in [0, 0.05) is 20.5 Å². The molecule has 1 aromatic heterocycles. The highest BCUT2D eigenvalue weighted by Crippen LogP contribution is 2.34. The number of carbonyl (C=O) groups is 1. The van der Waals surface area contributed by atoms with Crippen molar-refractivity contribution in [2.75, 3.05) is 0 Å². The first-order valence-corrected chi connectivity index (χ1v) is 7.18. The van der Waals surface area contributed by atoms with Gasteiger partial charge in [-0.25, -0.2) is 0 Å². The molecule has 0 spiro atoms. The number of carboxylic acids is 1. The van der Waals surface area contributed by atoms with Crippen LogP contribution in [0.15, 0.2) is 22.7 Å². The van der Waals surface area contributed by atoms with E-state index >= 15 is 0 Å². The Hall–Kier alpha value is -0.910. The number of aliphatic hydroxyl groups is 1. The molecule has 1 atom stereocenters. The van der Waals surface area contributed by atoms with Crippen LogP contribution in [-0.4, -0.2) is 16.2 Å². The molecular formula is C13H13BrO3S. The van der Waals surface area contributed by atoms with Gasteiger partial charge >= 0.3 is 5.97 Å². The van der Waals surface area contributed by atoms with Crippen LogP contribution in [-0.2, 0) is 4.79 Å². The Labute approximate surface area is 117 Å². The number of halogens is 1. The van der Waals surface area contributed by atoms with Crippen molar-refractivity contribution in [2.45, 2.75) is 25.9 Å². The molecule has 0 aliphatic carbocycles. The van der Waals surface area contributed by atoms with E-state index < -0.39 is 12.1 Å². The van der Waals surface area contributed by atoms with Crippen molar-refractivity contribution in [3.8, 4) is 0 Å². The lowest BCUT2D eigenvalue weighted by atomic mass is 10.1. The van der Waals surface area contributed by atoms with Gasteiger partial charge in [-0.2, -0.15) is 0 Å². The fourth-order valence-electron chi connectivity index (χ4n) is 1.75. The molecule has 18 heavy (non-hydrogen) atoms. The summed E-state index contributed by atoms with van der Waals surface area (Å²) >= 11 is 4.99. The van der Waals surface area contributed by atoms with Crippen molar-refractivity contribution in [3.63, 3.8) is 0 Å². The summed E-state index contributed by atoms with van der Waals surface area (Å²) in [5.41, 5.74) is 1.15. The molecule has 1 unspecified atom stereocenters. The van der Waals surface area contributed by atoms with E-state index in [9.17, 15) is 9.90 Å². The van der Waals surface area contributed by atoms with Crippen molar-refractivity contribution < 1.29 is 15.0 Å². The van der Waals surface area contributed by atoms with E-state index in [1.165, 1.54) is 11.3 Å². The summed E-state index contributed by atoms with van der Waals surface area (Å²) in [4.78, 5) is 11.3. The normalized spacial score (nSPS) is 12.8. The number of hydrogen-bond acceptors (Lipinski definition) is 3. The minimum atomic E-state index is -0.881. The van der Waals surface area contributed by atoms with Crippen LogP contribution in [0, 0.1) is 6.92 Å². The number of aliphatic carboxylic acids is 1. The SMILES string of the molecule is Cc1cc2sc(C(O)CCC(=O)O)cc2cc1Br. The molecule has 1 heterocycles. The van der Waals surface area contributed by atoms with Crippen LogP contribution < -0.4 is 0 Å². The number of benzene rings is 1. The van der Waals surface area contributed by atoms with Crippen LogP contribution in [0.1, 0.15) is 29.4 Å². The molecule has 96 valence electrons. The molecule has 0 saturated carbocycles. The number of thiophene rings is 1. The highest BCUT2D eigenvalue weighted by molar-refractivity contribution is 9.10. The minimum Gasteiger partial charge on any atom is -0.481 e. The smallest absolute Gasteiger partial charge is 0.303 e. The quantitative estimate of drug-likeness (QED) is 0.895. The van der Waals surface area contributed by atoms with E-state index in [1.54, 1.807) is 0 Å². The van der Waals surface area contributed by atoms with Gasteiger partial charge in [0.25, 0.3) is 0 Å². The van der Waals surface area contributed by atoms with E-state index in [-0.39, 0.29) is 12.8 Å². The molecule has 5 heteroatoms. The second kappa shape index (κ2) is 5.38. The van der Waals surface area contributed by atoms with Gasteiger partial charge < -0.3 is 10.2 Å². The summed E-state index contributed by atoms with van der Waals surface area (Å²) in [6, 6.07) is 6.02. The fourth-order valence-corrected chi connectivity index (χ4v) is 3.27. The predicted octanol–water partition coefficient (Wildman–Crippen LogP) is 3.87. The zero-order valence-electron chi connectivity index (χ0n) is 9.81. The van der Waals surface area contributed by atoms with Crippen molar-refractivity contribution in [2.24, 2.45) is 0 Å². The van der Waals surface area contributed by atoms with E-state index in [0.29, 0.717) is 0 Å². The minimum absolute atomic E-state index is 0.0157. The molecule has 1 aromatic carbocycles. The van der Waals surface area contributed by atoms with Crippen LogP contribution in [0.3, 0.4) is 0 Å². The first-order valence-electron chi connectivity index (χ1n) is 5.57. The van der Waals surface area contributed by atoms with Gasteiger partial charge in [0.15, 0.2) is 0 Å². The van der Waals surface area contributed by atoms with Gasteiger partial charge in [0.1, 0.15) is 0 Å². The molecular weight excluding hydrogens is 316 g/mol. The maximum Gasteiger partial charge on any atom is 0.303 e. The number of aryl methyl sites for hydroxylation is 1. The second-order valence-electron chi connectivity index (χ2n) is 4.24. The van der Waals surface area contributed by atoms with Gasteiger partial charge in [-0.05, 0) is 42.5 Å². The third-order valence-corrected chi connectivity index (χ3v) is 4.83. The molecule has 2 N–H and O–H groups in total. The summed E-state index contributed by atoms with van der Waals surface area (Å²) < 4.78 is 2.15. The highest BCUT2D eigenvalue weighted by Gasteiger charge is 2.13. The first kappa shape index (κ1) is 13.5. The number of carboxylic acid groups (broad SMARTS) is 1. The highest BCUT2D eigenvalue weighted by atomic mass is 79.9. The van der Waals surface area contributed by atoms with Crippen LogP contribution in [0.2, 0.25) is 0 Å². The van der Waals surface area contributed by atoms with Gasteiger partial charge in [0.05, 0.1) is 6.10 Å². The summed E-state index contributed by atoms with van der Waals surface area (Å²) in [7, 11) is 0. The average molecular weight is 329 g/mol. The number of hydrogen-bond donors (Lipinski definition) is 2. The van der Waals surface area contributed by atoms with E-state index in [4.69, 9.17) is 5.11 Å². The zero-order chi connectivity index (χ0) is 13.3. The largest absolute Gasteiger partial charge is 0.481 e. The van der Waals surface area contributed by atoms with Crippen LogP contribution >= 0.6 is 27.3 Å². The third kappa shape index (κ3) is 2.91. The molecule has 0 radical (unpaired) electrons. The van der Waals surface area contributed by atoms with E-state index in [1.807, 2.05) is 19.1 Å². The maximum absolute atomic E-state index is 10.5. The number of rotatable bonds is 4. The molecule has 2 rings (SSSR count). The standard InChI is InChI=1S/C13H13BrO3S/c1-7-4-11-8(5-9(7)14)6-12(18-11)10(15)2-3-13(16)17/h4-6,10,15H,2-3H2,1H3,(H,16,17). The van der Waals surface area contributed by atoms with Gasteiger partial charge in [0.2, 0.25) is 0 Å². The van der Waals surface area contributed by atoms with Crippen LogP contribution in [0.5, 0.6) is 0 Å². The molecule has 0 aliphatic heterocycles. The van der Waals surface area contributed by atoms with E-state index in [0.717, 1.165) is 25.0 Å². The first-order chi connectivity index (χ1) is 8.47. The Morgan fingerprint density at radius 1 is 1.44 bits per heavy atom. The van der Waals surface area contributed by atoms with Crippen LogP contribution in [0.25, 0.3) is 10.1 Å². The Morgan fingerprint density at radius 3 is 2.83 bits per heavy atom. The molecule has 3 nitrogen and oxygen atoms in total. The second-order valence-corrected chi connectivity index (χ2v) is 6.21. The monoisotopic (exact) mass is 328 g/mol. The molecule has 0 bridgehead atoms. The fraction of sp³-hybridized carbons (Fsp3) is 0.308. The lowest BCUT2D eigenvalue weighted by molar-refractivity contribution is -0.137. The lowest BCUT2D eigenvalue weighted by Crippen LogP contribution is -2.00. The summed E-state index contributed by atoms with van der Waals surface area (Å²) in [6.07, 6.45) is -0.460. The molecule has 0 aliphatic rings. The third-order valence-electron chi connectivity index (χ3n) is 2.78. The topological polar surface area (TPSA) is 57.5 Å². The van der Waals surface area contributed by atoms with Gasteiger partial charge in [-0.15, -0.1) is 11.3 Å². The van der Waals surface area contributed by atoms with Gasteiger partial charge in [-0.3, -0.25) is 4.79 Å². The van der Waals surface area contributed by atoms with Crippen LogP contribution in [0.4, 0.5) is 0 Å². The zero-order valence-corrected chi connectivity index (χ0v) is 12.2. The number of fused-ring (bicyclic) bond motifs is 1. The summed E-state index contributed by atoms with van der Waals surface area (Å²) in [5.74, 6) is -0.881. The molecule has 0 amide bonds. The maximum atomic E-state index is 10.5. The van der Waals surface area contributed by atoms with E-state index in [2.05, 4.69) is 22.0 Å². The summed E-state index contributed by atoms with van der Waals surface area (Å²) in [6.45, 7) is 2.02. The Morgan fingerprint density at radius 2 is 2.17 bits per heavy atom. The summed E-state index contributed by atoms with van der Waals surface area (Å²) in [5, 5.41) is 19.6. The number of aliphatic hydroxyl groups excluding tert-OH is 1. The Kier molecular flexibility index (Phi) is 4.04. The van der Waals surface area contributed by atoms with Crippen molar-refractivity contribution in [3.05, 3.63) is 33.1 Å². The Balaban J connectivity index is 2.26.